The van der Waals surface area contributed by atoms with Crippen molar-refractivity contribution >= 4 is 31.5 Å². The lowest BCUT2D eigenvalue weighted by atomic mass is 9.70. The van der Waals surface area contributed by atoms with E-state index in [-0.39, 0.29) is 0 Å². The molecule has 8 aromatic carbocycles. The summed E-state index contributed by atoms with van der Waals surface area (Å²) in [5, 5.41) is 2.46. The van der Waals surface area contributed by atoms with Gasteiger partial charge in [-0.15, -0.1) is 11.3 Å². The summed E-state index contributed by atoms with van der Waals surface area (Å²) in [6, 6.07) is 67.9. The van der Waals surface area contributed by atoms with E-state index in [4.69, 9.17) is 15.0 Å². The summed E-state index contributed by atoms with van der Waals surface area (Å²) in [5.74, 6) is 1.99. The van der Waals surface area contributed by atoms with Gasteiger partial charge >= 0.3 is 0 Å². The van der Waals surface area contributed by atoms with Crippen LogP contribution in [0.1, 0.15) is 22.3 Å². The zero-order valence-corrected chi connectivity index (χ0v) is 31.0. The van der Waals surface area contributed by atoms with Gasteiger partial charge in [-0.1, -0.05) is 170 Å². The minimum absolute atomic E-state index is 0.405. The summed E-state index contributed by atoms with van der Waals surface area (Å²) in [5.41, 5.74) is 15.5. The average Bonchev–Trinajstić information content (AvgIpc) is 3.91. The summed E-state index contributed by atoms with van der Waals surface area (Å²) >= 11 is 1.81. The molecule has 0 amide bonds. The van der Waals surface area contributed by atoms with Crippen molar-refractivity contribution in [3.05, 3.63) is 210 Å². The predicted molar refractivity (Wildman–Crippen MR) is 231 cm³/mol. The van der Waals surface area contributed by atoms with Gasteiger partial charge in [0.25, 0.3) is 0 Å². The summed E-state index contributed by atoms with van der Waals surface area (Å²) in [6.07, 6.45) is 0. The van der Waals surface area contributed by atoms with Crippen LogP contribution >= 0.6 is 11.3 Å². The lowest BCUT2D eigenvalue weighted by Gasteiger charge is -2.30. The van der Waals surface area contributed by atoms with Crippen molar-refractivity contribution in [2.45, 2.75) is 5.41 Å². The molecule has 2 aliphatic rings. The monoisotopic (exact) mass is 729 g/mol. The van der Waals surface area contributed by atoms with Crippen molar-refractivity contribution in [1.82, 2.24) is 15.0 Å². The van der Waals surface area contributed by atoms with Gasteiger partial charge in [-0.25, -0.2) is 15.0 Å². The van der Waals surface area contributed by atoms with Crippen molar-refractivity contribution < 1.29 is 0 Å². The van der Waals surface area contributed by atoms with Crippen LogP contribution in [0.4, 0.5) is 0 Å². The van der Waals surface area contributed by atoms with Crippen LogP contribution in [0, 0.1) is 0 Å². The van der Waals surface area contributed by atoms with E-state index in [0.717, 1.165) is 16.7 Å². The van der Waals surface area contributed by atoms with Crippen LogP contribution in [-0.2, 0) is 5.41 Å². The minimum Gasteiger partial charge on any atom is -0.208 e. The van der Waals surface area contributed by atoms with Gasteiger partial charge in [0, 0.05) is 36.9 Å². The first-order valence-electron chi connectivity index (χ1n) is 19.0. The van der Waals surface area contributed by atoms with Crippen LogP contribution in [0.2, 0.25) is 0 Å². The molecule has 0 saturated carbocycles. The Morgan fingerprint density at radius 3 is 1.41 bits per heavy atom. The fourth-order valence-corrected chi connectivity index (χ4v) is 10.7. The van der Waals surface area contributed by atoms with Gasteiger partial charge in [-0.2, -0.15) is 0 Å². The van der Waals surface area contributed by atoms with Crippen molar-refractivity contribution in [2.24, 2.45) is 0 Å². The smallest absolute Gasteiger partial charge is 0.165 e. The molecule has 2 aliphatic carbocycles. The molecule has 10 aromatic rings. The molecule has 0 N–H and O–H groups in total. The van der Waals surface area contributed by atoms with Gasteiger partial charge in [0.15, 0.2) is 17.5 Å². The molecule has 4 heteroatoms. The van der Waals surface area contributed by atoms with Gasteiger partial charge in [0.1, 0.15) is 0 Å². The maximum Gasteiger partial charge on any atom is 0.165 e. The first kappa shape index (κ1) is 31.4. The topological polar surface area (TPSA) is 38.7 Å². The lowest BCUT2D eigenvalue weighted by molar-refractivity contribution is 0.794. The van der Waals surface area contributed by atoms with E-state index >= 15 is 0 Å². The second-order valence-electron chi connectivity index (χ2n) is 14.6. The molecule has 0 bridgehead atoms. The van der Waals surface area contributed by atoms with Crippen molar-refractivity contribution in [1.29, 1.82) is 0 Å². The Morgan fingerprint density at radius 2 is 0.804 bits per heavy atom. The average molecular weight is 730 g/mol. The first-order valence-corrected chi connectivity index (χ1v) is 19.8. The minimum atomic E-state index is -0.405. The number of nitrogens with zero attached hydrogens (tertiary/aromatic N) is 3. The number of hydrogen-bond donors (Lipinski definition) is 0. The van der Waals surface area contributed by atoms with E-state index in [0.29, 0.717) is 17.5 Å². The molecule has 3 nitrogen and oxygen atoms in total. The molecule has 2 heterocycles. The molecule has 260 valence electrons. The van der Waals surface area contributed by atoms with Crippen LogP contribution in [0.25, 0.3) is 87.7 Å². The molecule has 0 fully saturated rings. The van der Waals surface area contributed by atoms with Crippen molar-refractivity contribution in [3.8, 4) is 67.5 Å². The van der Waals surface area contributed by atoms with E-state index in [1.165, 1.54) is 75.8 Å². The third kappa shape index (κ3) is 4.36. The summed E-state index contributed by atoms with van der Waals surface area (Å²) in [4.78, 5) is 15.3. The van der Waals surface area contributed by atoms with Crippen molar-refractivity contribution in [2.75, 3.05) is 0 Å². The standard InChI is InChI=1S/C52H31N3S/c1-3-15-32(16-4-1)49-53-50(33-17-5-2-6-18-33)55-51(54-49)41-30-29-35(47-40-22-10-14-26-46(40)56-48(41)47)34-27-28-39-38-21-9-13-25-44(38)52(45(39)31-34)42-23-11-7-19-36(42)37-20-8-12-24-43(37)52/h1-31H. The molecule has 0 atom stereocenters. The molecule has 2 aromatic heterocycles. The van der Waals surface area contributed by atoms with Gasteiger partial charge in [-0.3, -0.25) is 0 Å². The Bertz CT molecular complexity index is 3080. The highest BCUT2D eigenvalue weighted by Crippen LogP contribution is 2.63. The molecular weight excluding hydrogens is 699 g/mol. The third-order valence-electron chi connectivity index (χ3n) is 11.8. The van der Waals surface area contributed by atoms with Crippen LogP contribution < -0.4 is 0 Å². The molecule has 0 aliphatic heterocycles. The Kier molecular flexibility index (Phi) is 6.72. The van der Waals surface area contributed by atoms with Crippen LogP contribution in [0.3, 0.4) is 0 Å². The molecule has 0 saturated heterocycles. The molecule has 0 unspecified atom stereocenters. The maximum absolute atomic E-state index is 5.17. The highest BCUT2D eigenvalue weighted by atomic mass is 32.1. The highest BCUT2D eigenvalue weighted by Gasteiger charge is 2.51. The zero-order chi connectivity index (χ0) is 36.8. The lowest BCUT2D eigenvalue weighted by Crippen LogP contribution is -2.25. The van der Waals surface area contributed by atoms with Gasteiger partial charge < -0.3 is 0 Å². The van der Waals surface area contributed by atoms with E-state index in [1.54, 1.807) is 0 Å². The summed E-state index contributed by atoms with van der Waals surface area (Å²) in [7, 11) is 0. The molecule has 1 spiro atoms. The molecule has 12 rings (SSSR count). The fourth-order valence-electron chi connectivity index (χ4n) is 9.44. The Labute approximate surface area is 328 Å². The number of rotatable bonds is 4. The van der Waals surface area contributed by atoms with E-state index in [9.17, 15) is 0 Å². The largest absolute Gasteiger partial charge is 0.208 e. The maximum atomic E-state index is 5.17. The third-order valence-corrected chi connectivity index (χ3v) is 13.0. The quantitative estimate of drug-likeness (QED) is 0.181. The molecular formula is C52H31N3S. The van der Waals surface area contributed by atoms with Crippen LogP contribution in [-0.4, -0.2) is 15.0 Å². The Hall–Kier alpha value is -7.01. The number of aromatic nitrogens is 3. The van der Waals surface area contributed by atoms with Crippen molar-refractivity contribution in [3.63, 3.8) is 0 Å². The Balaban J connectivity index is 1.11. The SMILES string of the molecule is c1ccc(-c2nc(-c3ccccc3)nc(-c3ccc(-c4ccc5c(c4)C4(c6ccccc6-c6ccccc64)c4ccccc4-5)c4c3sc3ccccc34)n2)cc1. The van der Waals surface area contributed by atoms with Crippen LogP contribution in [0.5, 0.6) is 0 Å². The number of benzene rings is 8. The fraction of sp³-hybridized carbons (Fsp3) is 0.0192. The van der Waals surface area contributed by atoms with E-state index in [1.807, 2.05) is 47.7 Å². The zero-order valence-electron chi connectivity index (χ0n) is 30.1. The van der Waals surface area contributed by atoms with Gasteiger partial charge in [0.05, 0.1) is 5.41 Å². The Morgan fingerprint density at radius 1 is 0.339 bits per heavy atom. The second-order valence-corrected chi connectivity index (χ2v) is 15.7. The molecule has 56 heavy (non-hydrogen) atoms. The van der Waals surface area contributed by atoms with E-state index < -0.39 is 5.41 Å². The van der Waals surface area contributed by atoms with Gasteiger partial charge in [-0.05, 0) is 73.8 Å². The number of hydrogen-bond acceptors (Lipinski definition) is 4. The van der Waals surface area contributed by atoms with Gasteiger partial charge in [0.2, 0.25) is 0 Å². The van der Waals surface area contributed by atoms with E-state index in [2.05, 4.69) is 152 Å². The number of fused-ring (bicyclic) bond motifs is 13. The summed E-state index contributed by atoms with van der Waals surface area (Å²) < 4.78 is 2.41. The first-order chi connectivity index (χ1) is 27.8. The summed E-state index contributed by atoms with van der Waals surface area (Å²) in [6.45, 7) is 0. The predicted octanol–water partition coefficient (Wildman–Crippen LogP) is 13.3. The normalized spacial score (nSPS) is 13.1. The van der Waals surface area contributed by atoms with Crippen LogP contribution in [0.15, 0.2) is 188 Å². The number of thiophene rings is 1. The second kappa shape index (κ2) is 12.0. The highest BCUT2D eigenvalue weighted by molar-refractivity contribution is 7.26. The molecule has 0 radical (unpaired) electrons.